The number of rotatable bonds is 6. The highest BCUT2D eigenvalue weighted by Gasteiger charge is 2.63. The second-order valence-electron chi connectivity index (χ2n) is 12.7. The minimum absolute atomic E-state index is 0.0134. The first-order valence-corrected chi connectivity index (χ1v) is 13.9. The molecule has 1 unspecified atom stereocenters. The van der Waals surface area contributed by atoms with Crippen molar-refractivity contribution < 1.29 is 28.6 Å². The van der Waals surface area contributed by atoms with Crippen LogP contribution in [-0.4, -0.2) is 37.2 Å². The third kappa shape index (κ3) is 4.87. The highest BCUT2D eigenvalue weighted by molar-refractivity contribution is 5.69. The SMILES string of the molecule is COC(=O)CC[C@@H](C)[C@H]1CC[C@H]2[C@@H]3[C@H](OC(C)=O)CC4C[C@H](OC(C)=O)CC[C@]4(C)[C@H]3CC[C@]12C. The number of carbonyl (C=O) groups excluding carboxylic acids is 3. The Bertz CT molecular complexity index is 824. The molecule has 0 heterocycles. The fourth-order valence-electron chi connectivity index (χ4n) is 9.46. The lowest BCUT2D eigenvalue weighted by Gasteiger charge is -2.62. The van der Waals surface area contributed by atoms with Crippen LogP contribution in [0, 0.1) is 46.3 Å². The monoisotopic (exact) mass is 490 g/mol. The first-order chi connectivity index (χ1) is 16.5. The Kier molecular flexibility index (Phi) is 7.60. The molecule has 0 radical (unpaired) electrons. The van der Waals surface area contributed by atoms with Crippen LogP contribution >= 0.6 is 0 Å². The predicted molar refractivity (Wildman–Crippen MR) is 132 cm³/mol. The van der Waals surface area contributed by atoms with Gasteiger partial charge in [0, 0.05) is 26.2 Å². The van der Waals surface area contributed by atoms with E-state index < -0.39 is 0 Å². The van der Waals surface area contributed by atoms with Crippen LogP contribution in [0.4, 0.5) is 0 Å². The molecule has 0 aromatic carbocycles. The number of hydrogen-bond acceptors (Lipinski definition) is 6. The van der Waals surface area contributed by atoms with Crippen molar-refractivity contribution in [3.05, 3.63) is 0 Å². The van der Waals surface area contributed by atoms with Gasteiger partial charge >= 0.3 is 17.9 Å². The van der Waals surface area contributed by atoms with Crippen molar-refractivity contribution in [3.8, 4) is 0 Å². The van der Waals surface area contributed by atoms with Gasteiger partial charge in [-0.15, -0.1) is 0 Å². The van der Waals surface area contributed by atoms with Gasteiger partial charge in [0.25, 0.3) is 0 Å². The van der Waals surface area contributed by atoms with E-state index in [0.717, 1.165) is 32.1 Å². The van der Waals surface area contributed by atoms with Crippen molar-refractivity contribution in [2.75, 3.05) is 7.11 Å². The van der Waals surface area contributed by atoms with Gasteiger partial charge < -0.3 is 14.2 Å². The van der Waals surface area contributed by atoms with Gasteiger partial charge in [0.1, 0.15) is 12.2 Å². The number of hydrogen-bond donors (Lipinski definition) is 0. The lowest BCUT2D eigenvalue weighted by Crippen LogP contribution is -2.59. The first-order valence-electron chi connectivity index (χ1n) is 13.9. The highest BCUT2D eigenvalue weighted by atomic mass is 16.5. The van der Waals surface area contributed by atoms with Crippen molar-refractivity contribution >= 4 is 17.9 Å². The molecule has 4 saturated carbocycles. The van der Waals surface area contributed by atoms with E-state index in [1.807, 2.05) is 0 Å². The molecule has 4 rings (SSSR count). The fourth-order valence-corrected chi connectivity index (χ4v) is 9.46. The second kappa shape index (κ2) is 10.0. The van der Waals surface area contributed by atoms with E-state index in [9.17, 15) is 14.4 Å². The largest absolute Gasteiger partial charge is 0.469 e. The Labute approximate surface area is 211 Å². The molecule has 0 aromatic heterocycles. The smallest absolute Gasteiger partial charge is 0.305 e. The summed E-state index contributed by atoms with van der Waals surface area (Å²) in [6.07, 6.45) is 9.80. The third-order valence-corrected chi connectivity index (χ3v) is 11.1. The van der Waals surface area contributed by atoms with Gasteiger partial charge in [-0.3, -0.25) is 14.4 Å². The maximum Gasteiger partial charge on any atom is 0.305 e. The Balaban J connectivity index is 1.57. The van der Waals surface area contributed by atoms with Gasteiger partial charge in [-0.2, -0.15) is 0 Å². The number of fused-ring (bicyclic) bond motifs is 5. The molecule has 35 heavy (non-hydrogen) atoms. The number of methoxy groups -OCH3 is 1. The molecule has 6 heteroatoms. The number of ether oxygens (including phenoxy) is 3. The maximum absolute atomic E-state index is 12.2. The zero-order chi connectivity index (χ0) is 25.5. The molecule has 0 spiro atoms. The van der Waals surface area contributed by atoms with Crippen molar-refractivity contribution in [3.63, 3.8) is 0 Å². The topological polar surface area (TPSA) is 78.9 Å². The average Bonchev–Trinajstić information content (AvgIpc) is 3.14. The summed E-state index contributed by atoms with van der Waals surface area (Å²) in [6, 6.07) is 0. The van der Waals surface area contributed by atoms with Gasteiger partial charge in [-0.1, -0.05) is 20.8 Å². The Morgan fingerprint density at radius 2 is 1.54 bits per heavy atom. The van der Waals surface area contributed by atoms with E-state index in [1.165, 1.54) is 39.7 Å². The van der Waals surface area contributed by atoms with E-state index in [-0.39, 0.29) is 40.9 Å². The van der Waals surface area contributed by atoms with Crippen LogP contribution in [0.15, 0.2) is 0 Å². The van der Waals surface area contributed by atoms with E-state index >= 15 is 0 Å². The third-order valence-electron chi connectivity index (χ3n) is 11.1. The molecule has 198 valence electrons. The fraction of sp³-hybridized carbons (Fsp3) is 0.897. The van der Waals surface area contributed by atoms with Gasteiger partial charge in [0.05, 0.1) is 7.11 Å². The molecule has 0 aromatic rings. The minimum atomic E-state index is -0.199. The summed E-state index contributed by atoms with van der Waals surface area (Å²) in [4.78, 5) is 35.6. The summed E-state index contributed by atoms with van der Waals surface area (Å²) in [5.74, 6) is 2.43. The molecule has 0 amide bonds. The van der Waals surface area contributed by atoms with E-state index in [4.69, 9.17) is 14.2 Å². The standard InChI is InChI=1S/C29H46O6/c1-17(7-10-26(32)33-6)22-8-9-23-27-24(12-14-29(22,23)5)28(4)13-11-21(34-18(2)30)15-20(28)16-25(27)35-19(3)31/h17,20-25,27H,7-16H2,1-6H3/t17-,20?,21-,22-,23+,24+,25-,27+,28+,29-/m1/s1. The summed E-state index contributed by atoms with van der Waals surface area (Å²) in [5.41, 5.74) is 0.418. The Morgan fingerprint density at radius 3 is 2.20 bits per heavy atom. The average molecular weight is 491 g/mol. The summed E-state index contributed by atoms with van der Waals surface area (Å²) in [7, 11) is 1.47. The molecule has 0 bridgehead atoms. The lowest BCUT2D eigenvalue weighted by atomic mass is 9.43. The van der Waals surface area contributed by atoms with E-state index in [1.54, 1.807) is 6.92 Å². The van der Waals surface area contributed by atoms with Gasteiger partial charge in [0.15, 0.2) is 0 Å². The Hall–Kier alpha value is -1.59. The van der Waals surface area contributed by atoms with Crippen LogP contribution in [0.5, 0.6) is 0 Å². The predicted octanol–water partition coefficient (Wildman–Crippen LogP) is 5.71. The molecule has 10 atom stereocenters. The van der Waals surface area contributed by atoms with Crippen LogP contribution in [0.2, 0.25) is 0 Å². The lowest BCUT2D eigenvalue weighted by molar-refractivity contribution is -0.197. The Morgan fingerprint density at radius 1 is 0.886 bits per heavy atom. The molecule has 0 saturated heterocycles. The molecule has 4 fully saturated rings. The maximum atomic E-state index is 12.2. The van der Waals surface area contributed by atoms with E-state index in [0.29, 0.717) is 41.9 Å². The van der Waals surface area contributed by atoms with Crippen LogP contribution < -0.4 is 0 Å². The van der Waals surface area contributed by atoms with Crippen LogP contribution in [0.3, 0.4) is 0 Å². The molecule has 0 aliphatic heterocycles. The zero-order valence-corrected chi connectivity index (χ0v) is 22.6. The molecule has 4 aliphatic rings. The first kappa shape index (κ1) is 26.5. The van der Waals surface area contributed by atoms with Gasteiger partial charge in [0.2, 0.25) is 0 Å². The van der Waals surface area contributed by atoms with Crippen molar-refractivity contribution in [2.45, 2.75) is 111 Å². The highest BCUT2D eigenvalue weighted by Crippen LogP contribution is 2.68. The van der Waals surface area contributed by atoms with Crippen molar-refractivity contribution in [2.24, 2.45) is 46.3 Å². The van der Waals surface area contributed by atoms with Gasteiger partial charge in [-0.25, -0.2) is 0 Å². The molecule has 0 N–H and O–H groups in total. The summed E-state index contributed by atoms with van der Waals surface area (Å²) in [5, 5.41) is 0. The quantitative estimate of drug-likeness (QED) is 0.351. The van der Waals surface area contributed by atoms with Crippen molar-refractivity contribution in [1.82, 2.24) is 0 Å². The summed E-state index contributed by atoms with van der Waals surface area (Å²) in [6.45, 7) is 10.3. The normalized spacial score (nSPS) is 43.2. The molecule has 6 nitrogen and oxygen atoms in total. The van der Waals surface area contributed by atoms with E-state index in [2.05, 4.69) is 20.8 Å². The number of carbonyl (C=O) groups is 3. The number of esters is 3. The van der Waals surface area contributed by atoms with Crippen LogP contribution in [-0.2, 0) is 28.6 Å². The molecular formula is C29H46O6. The summed E-state index contributed by atoms with van der Waals surface area (Å²) >= 11 is 0. The second-order valence-corrected chi connectivity index (χ2v) is 12.7. The minimum Gasteiger partial charge on any atom is -0.469 e. The van der Waals surface area contributed by atoms with Crippen LogP contribution in [0.25, 0.3) is 0 Å². The van der Waals surface area contributed by atoms with Crippen LogP contribution in [0.1, 0.15) is 98.8 Å². The van der Waals surface area contributed by atoms with Crippen molar-refractivity contribution in [1.29, 1.82) is 0 Å². The van der Waals surface area contributed by atoms with Gasteiger partial charge in [-0.05, 0) is 98.2 Å². The zero-order valence-electron chi connectivity index (χ0n) is 22.6. The molecular weight excluding hydrogens is 444 g/mol. The molecule has 4 aliphatic carbocycles. The summed E-state index contributed by atoms with van der Waals surface area (Å²) < 4.78 is 16.6.